The number of esters is 1. The zero-order valence-corrected chi connectivity index (χ0v) is 13.7. The third-order valence-electron chi connectivity index (χ3n) is 4.33. The van der Waals surface area contributed by atoms with E-state index in [0.717, 1.165) is 12.0 Å². The number of fused-ring (bicyclic) bond motifs is 1. The molecule has 124 valence electrons. The van der Waals surface area contributed by atoms with Gasteiger partial charge >= 0.3 is 12.1 Å². The van der Waals surface area contributed by atoms with E-state index in [1.54, 1.807) is 4.90 Å². The zero-order chi connectivity index (χ0) is 16.4. The Kier molecular flexibility index (Phi) is 4.73. The summed E-state index contributed by atoms with van der Waals surface area (Å²) in [7, 11) is 1.32. The molecule has 3 rings (SSSR count). The van der Waals surface area contributed by atoms with E-state index < -0.39 is 18.1 Å². The van der Waals surface area contributed by atoms with Crippen molar-refractivity contribution in [3.05, 3.63) is 35.4 Å². The van der Waals surface area contributed by atoms with Gasteiger partial charge in [-0.3, -0.25) is 4.79 Å². The van der Waals surface area contributed by atoms with E-state index in [1.165, 1.54) is 17.1 Å². The number of methoxy groups -OCH3 is 1. The van der Waals surface area contributed by atoms with Gasteiger partial charge in [0.2, 0.25) is 0 Å². The maximum absolute atomic E-state index is 12.3. The fourth-order valence-corrected chi connectivity index (χ4v) is 3.37. The van der Waals surface area contributed by atoms with Crippen LogP contribution < -0.4 is 0 Å². The number of amides is 1. The molecule has 2 aliphatic heterocycles. The van der Waals surface area contributed by atoms with Crippen molar-refractivity contribution in [3.8, 4) is 0 Å². The van der Waals surface area contributed by atoms with Gasteiger partial charge in [-0.15, -0.1) is 0 Å². The van der Waals surface area contributed by atoms with Crippen molar-refractivity contribution < 1.29 is 19.1 Å². The van der Waals surface area contributed by atoms with E-state index in [4.69, 9.17) is 21.3 Å². The minimum absolute atomic E-state index is 0.317. The van der Waals surface area contributed by atoms with Gasteiger partial charge in [-0.2, -0.15) is 0 Å². The normalized spacial score (nSPS) is 24.2. The van der Waals surface area contributed by atoms with Gasteiger partial charge in [-0.25, -0.2) is 9.21 Å². The molecule has 2 atom stereocenters. The molecule has 0 N–H and O–H groups in total. The van der Waals surface area contributed by atoms with Gasteiger partial charge in [0.15, 0.2) is 0 Å². The molecule has 0 aliphatic carbocycles. The van der Waals surface area contributed by atoms with Crippen LogP contribution in [0, 0.1) is 0 Å². The highest BCUT2D eigenvalue weighted by Gasteiger charge is 2.39. The highest BCUT2D eigenvalue weighted by atomic mass is 35.5. The SMILES string of the molecule is COC(=O)[C@@H]1C[C@@H](OC(=O)N2CCc3ccccc3C2)CN1Cl. The largest absolute Gasteiger partial charge is 0.468 e. The van der Waals surface area contributed by atoms with E-state index in [-0.39, 0.29) is 6.09 Å². The molecular weight excluding hydrogens is 320 g/mol. The summed E-state index contributed by atoms with van der Waals surface area (Å²) in [6.07, 6.45) is 0.413. The maximum Gasteiger partial charge on any atom is 0.410 e. The molecule has 1 amide bonds. The summed E-state index contributed by atoms with van der Waals surface area (Å²) in [5, 5.41) is 0. The number of benzene rings is 1. The third kappa shape index (κ3) is 3.43. The Hall–Kier alpha value is -1.79. The average Bonchev–Trinajstić information content (AvgIpc) is 2.94. The number of nitrogens with zero attached hydrogens (tertiary/aromatic N) is 2. The second-order valence-corrected chi connectivity index (χ2v) is 6.24. The fourth-order valence-electron chi connectivity index (χ4n) is 3.06. The number of hydrogen-bond acceptors (Lipinski definition) is 5. The molecule has 0 unspecified atom stereocenters. The number of rotatable bonds is 2. The predicted octanol–water partition coefficient (Wildman–Crippen LogP) is 1.95. The van der Waals surface area contributed by atoms with Gasteiger partial charge in [0.25, 0.3) is 0 Å². The minimum Gasteiger partial charge on any atom is -0.468 e. The zero-order valence-electron chi connectivity index (χ0n) is 12.9. The highest BCUT2D eigenvalue weighted by molar-refractivity contribution is 6.15. The summed E-state index contributed by atoms with van der Waals surface area (Å²) >= 11 is 6.01. The molecule has 1 aromatic rings. The molecule has 0 spiro atoms. The molecule has 0 saturated carbocycles. The molecule has 1 fully saturated rings. The highest BCUT2D eigenvalue weighted by Crippen LogP contribution is 2.25. The Morgan fingerprint density at radius 1 is 1.26 bits per heavy atom. The predicted molar refractivity (Wildman–Crippen MR) is 83.8 cm³/mol. The first-order valence-corrected chi connectivity index (χ1v) is 7.95. The Morgan fingerprint density at radius 3 is 2.74 bits per heavy atom. The lowest BCUT2D eigenvalue weighted by molar-refractivity contribution is -0.144. The van der Waals surface area contributed by atoms with Crippen molar-refractivity contribution in [2.75, 3.05) is 20.2 Å². The Balaban J connectivity index is 1.57. The molecular formula is C16H19ClN2O4. The van der Waals surface area contributed by atoms with E-state index in [9.17, 15) is 9.59 Å². The quantitative estimate of drug-likeness (QED) is 0.609. The van der Waals surface area contributed by atoms with Crippen molar-refractivity contribution >= 4 is 23.8 Å². The molecule has 0 aromatic heterocycles. The molecule has 1 aromatic carbocycles. The van der Waals surface area contributed by atoms with Gasteiger partial charge in [0.1, 0.15) is 12.1 Å². The first kappa shape index (κ1) is 16.1. The van der Waals surface area contributed by atoms with Crippen molar-refractivity contribution in [1.29, 1.82) is 0 Å². The van der Waals surface area contributed by atoms with E-state index in [2.05, 4.69) is 6.07 Å². The first-order valence-electron chi connectivity index (χ1n) is 7.61. The van der Waals surface area contributed by atoms with Crippen molar-refractivity contribution in [3.63, 3.8) is 0 Å². The topological polar surface area (TPSA) is 59.1 Å². The monoisotopic (exact) mass is 338 g/mol. The Morgan fingerprint density at radius 2 is 2.00 bits per heavy atom. The first-order chi connectivity index (χ1) is 11.1. The summed E-state index contributed by atoms with van der Waals surface area (Å²) in [5.41, 5.74) is 2.42. The van der Waals surface area contributed by atoms with Crippen molar-refractivity contribution in [1.82, 2.24) is 9.32 Å². The van der Waals surface area contributed by atoms with Crippen LogP contribution in [0.5, 0.6) is 0 Å². The lowest BCUT2D eigenvalue weighted by Crippen LogP contribution is -2.38. The smallest absolute Gasteiger partial charge is 0.410 e. The lowest BCUT2D eigenvalue weighted by Gasteiger charge is -2.29. The van der Waals surface area contributed by atoms with Crippen LogP contribution in [0.25, 0.3) is 0 Å². The second kappa shape index (κ2) is 6.76. The minimum atomic E-state index is -0.568. The van der Waals surface area contributed by atoms with Gasteiger partial charge in [0, 0.05) is 19.5 Å². The molecule has 1 saturated heterocycles. The molecule has 7 heteroatoms. The number of halogens is 1. The maximum atomic E-state index is 12.3. The van der Waals surface area contributed by atoms with Crippen LogP contribution in [0.4, 0.5) is 4.79 Å². The molecule has 0 radical (unpaired) electrons. The number of carbonyl (C=O) groups excluding carboxylic acids is 2. The molecule has 23 heavy (non-hydrogen) atoms. The third-order valence-corrected chi connectivity index (χ3v) is 4.71. The Bertz CT molecular complexity index is 609. The van der Waals surface area contributed by atoms with E-state index >= 15 is 0 Å². The van der Waals surface area contributed by atoms with Crippen LogP contribution in [0.3, 0.4) is 0 Å². The lowest BCUT2D eigenvalue weighted by atomic mass is 10.0. The van der Waals surface area contributed by atoms with Crippen LogP contribution in [-0.4, -0.2) is 53.7 Å². The average molecular weight is 339 g/mol. The second-order valence-electron chi connectivity index (χ2n) is 5.80. The van der Waals surface area contributed by atoms with Gasteiger partial charge < -0.3 is 14.4 Å². The van der Waals surface area contributed by atoms with Gasteiger partial charge in [-0.05, 0) is 29.3 Å². The number of hydrogen-bond donors (Lipinski definition) is 0. The van der Waals surface area contributed by atoms with Gasteiger partial charge in [-0.1, -0.05) is 24.3 Å². The summed E-state index contributed by atoms with van der Waals surface area (Å²) in [5.74, 6) is -0.412. The van der Waals surface area contributed by atoms with Crippen LogP contribution >= 0.6 is 11.8 Å². The van der Waals surface area contributed by atoms with Gasteiger partial charge in [0.05, 0.1) is 13.7 Å². The van der Waals surface area contributed by atoms with Crippen molar-refractivity contribution in [2.45, 2.75) is 31.5 Å². The molecule has 6 nitrogen and oxygen atoms in total. The standard InChI is InChI=1S/C16H19ClN2O4/c1-22-15(20)14-8-13(10-19(14)17)23-16(21)18-7-6-11-4-2-3-5-12(11)9-18/h2-5,13-14H,6-10H2,1H3/t13-,14+/m1/s1. The summed E-state index contributed by atoms with van der Waals surface area (Å²) in [4.78, 5) is 25.6. The van der Waals surface area contributed by atoms with Crippen LogP contribution in [-0.2, 0) is 27.2 Å². The summed E-state index contributed by atoms with van der Waals surface area (Å²) in [6.45, 7) is 1.50. The van der Waals surface area contributed by atoms with E-state index in [1.807, 2.05) is 18.2 Å². The van der Waals surface area contributed by atoms with Crippen LogP contribution in [0.2, 0.25) is 0 Å². The number of carbonyl (C=O) groups is 2. The Labute approximate surface area is 140 Å². The molecule has 2 aliphatic rings. The molecule has 2 heterocycles. The van der Waals surface area contributed by atoms with Crippen LogP contribution in [0.15, 0.2) is 24.3 Å². The summed E-state index contributed by atoms with van der Waals surface area (Å²) < 4.78 is 11.6. The number of ether oxygens (including phenoxy) is 2. The van der Waals surface area contributed by atoms with E-state index in [0.29, 0.717) is 26.1 Å². The molecule has 0 bridgehead atoms. The summed E-state index contributed by atoms with van der Waals surface area (Å²) in [6, 6.07) is 7.52. The van der Waals surface area contributed by atoms with Crippen LogP contribution in [0.1, 0.15) is 17.5 Å². The fraction of sp³-hybridized carbons (Fsp3) is 0.500. The van der Waals surface area contributed by atoms with Crippen molar-refractivity contribution in [2.24, 2.45) is 0 Å².